The fraction of sp³-hybridized carbons (Fsp3) is 0.364. The fourth-order valence-corrected chi connectivity index (χ4v) is 2.41. The van der Waals surface area contributed by atoms with Crippen LogP contribution in [-0.4, -0.2) is 24.5 Å². The first kappa shape index (κ1) is 14.1. The minimum absolute atomic E-state index is 0.0331. The average Bonchev–Trinajstić information content (AvgIpc) is 2.27. The summed E-state index contributed by atoms with van der Waals surface area (Å²) in [6.07, 6.45) is 3.06. The normalized spacial score (nSPS) is 10.2. The highest BCUT2D eigenvalue weighted by Gasteiger charge is 2.09. The van der Waals surface area contributed by atoms with Crippen LogP contribution in [0.1, 0.15) is 16.8 Å². The highest BCUT2D eigenvalue weighted by atomic mass is 79.9. The van der Waals surface area contributed by atoms with E-state index in [0.717, 1.165) is 27.7 Å². The number of hydrogen-bond donors (Lipinski definition) is 1. The summed E-state index contributed by atoms with van der Waals surface area (Å²) >= 11 is 8.51. The molecule has 1 N–H and O–H groups in total. The maximum atomic E-state index is 11.8. The topological polar surface area (TPSA) is 29.1 Å². The van der Waals surface area contributed by atoms with Gasteiger partial charge in [0.05, 0.1) is 5.56 Å². The molecule has 0 saturated heterocycles. The van der Waals surface area contributed by atoms with E-state index in [2.05, 4.69) is 43.4 Å². The van der Waals surface area contributed by atoms with Gasteiger partial charge in [0.15, 0.2) is 0 Å². The molecule has 0 spiro atoms. The summed E-state index contributed by atoms with van der Waals surface area (Å²) in [5, 5.41) is 2.90. The first-order valence-electron chi connectivity index (χ1n) is 4.87. The Morgan fingerprint density at radius 3 is 2.88 bits per heavy atom. The molecule has 0 aromatic heterocycles. The van der Waals surface area contributed by atoms with Gasteiger partial charge < -0.3 is 5.32 Å². The van der Waals surface area contributed by atoms with E-state index < -0.39 is 0 Å². The van der Waals surface area contributed by atoms with Crippen LogP contribution in [0.2, 0.25) is 0 Å². The van der Waals surface area contributed by atoms with Crippen molar-refractivity contribution in [1.29, 1.82) is 0 Å². The Labute approximate surface area is 117 Å². The van der Waals surface area contributed by atoms with Crippen LogP contribution < -0.4 is 5.32 Å². The molecule has 1 rings (SSSR count). The second-order valence-electron chi connectivity index (χ2n) is 3.23. The van der Waals surface area contributed by atoms with Gasteiger partial charge >= 0.3 is 0 Å². The van der Waals surface area contributed by atoms with Crippen LogP contribution in [0.4, 0.5) is 0 Å². The molecule has 0 saturated carbocycles. The van der Waals surface area contributed by atoms with Gasteiger partial charge in [-0.25, -0.2) is 0 Å². The molecule has 16 heavy (non-hydrogen) atoms. The Bertz CT molecular complexity index is 371. The van der Waals surface area contributed by atoms with Crippen LogP contribution in [0.25, 0.3) is 0 Å². The van der Waals surface area contributed by atoms with Crippen molar-refractivity contribution in [2.24, 2.45) is 0 Å². The second kappa shape index (κ2) is 7.35. The number of rotatable bonds is 5. The van der Waals surface area contributed by atoms with Crippen molar-refractivity contribution in [2.75, 3.05) is 18.6 Å². The van der Waals surface area contributed by atoms with Crippen LogP contribution in [0.3, 0.4) is 0 Å². The zero-order valence-corrected chi connectivity index (χ0v) is 12.9. The summed E-state index contributed by atoms with van der Waals surface area (Å²) in [5.41, 5.74) is 0.665. The lowest BCUT2D eigenvalue weighted by Crippen LogP contribution is -2.25. The predicted octanol–water partition coefficient (Wildman–Crippen LogP) is 3.69. The SMILES string of the molecule is CSCCCNC(=O)c1cc(Br)ccc1Br. The molecule has 0 aliphatic carbocycles. The largest absolute Gasteiger partial charge is 0.352 e. The molecule has 0 radical (unpaired) electrons. The zero-order chi connectivity index (χ0) is 12.0. The number of halogens is 2. The van der Waals surface area contributed by atoms with Crippen LogP contribution in [0, 0.1) is 0 Å². The quantitative estimate of drug-likeness (QED) is 0.805. The number of nitrogens with one attached hydrogen (secondary N) is 1. The first-order valence-corrected chi connectivity index (χ1v) is 7.85. The highest BCUT2D eigenvalue weighted by molar-refractivity contribution is 9.11. The van der Waals surface area contributed by atoms with E-state index in [1.165, 1.54) is 0 Å². The second-order valence-corrected chi connectivity index (χ2v) is 5.98. The van der Waals surface area contributed by atoms with Gasteiger partial charge in [-0.1, -0.05) is 15.9 Å². The highest BCUT2D eigenvalue weighted by Crippen LogP contribution is 2.21. The summed E-state index contributed by atoms with van der Waals surface area (Å²) in [6, 6.07) is 5.57. The predicted molar refractivity (Wildman–Crippen MR) is 77.2 cm³/mol. The zero-order valence-electron chi connectivity index (χ0n) is 8.93. The van der Waals surface area contributed by atoms with E-state index in [-0.39, 0.29) is 5.91 Å². The van der Waals surface area contributed by atoms with Crippen LogP contribution in [0.15, 0.2) is 27.1 Å². The van der Waals surface area contributed by atoms with Crippen molar-refractivity contribution < 1.29 is 4.79 Å². The molecule has 0 bridgehead atoms. The molecule has 5 heteroatoms. The van der Waals surface area contributed by atoms with Crippen molar-refractivity contribution in [2.45, 2.75) is 6.42 Å². The molecule has 0 unspecified atom stereocenters. The van der Waals surface area contributed by atoms with E-state index in [9.17, 15) is 4.79 Å². The van der Waals surface area contributed by atoms with Crippen molar-refractivity contribution in [1.82, 2.24) is 5.32 Å². The summed E-state index contributed by atoms with van der Waals surface area (Å²) in [6.45, 7) is 0.721. The van der Waals surface area contributed by atoms with Gasteiger partial charge in [-0.3, -0.25) is 4.79 Å². The van der Waals surface area contributed by atoms with Gasteiger partial charge in [0.1, 0.15) is 0 Å². The smallest absolute Gasteiger partial charge is 0.252 e. The number of thioether (sulfide) groups is 1. The molecule has 0 heterocycles. The summed E-state index contributed by atoms with van der Waals surface area (Å²) < 4.78 is 1.73. The molecule has 1 aromatic rings. The number of hydrogen-bond acceptors (Lipinski definition) is 2. The van der Waals surface area contributed by atoms with E-state index in [1.807, 2.05) is 18.2 Å². The van der Waals surface area contributed by atoms with Crippen LogP contribution in [0.5, 0.6) is 0 Å². The molecule has 1 amide bonds. The van der Waals surface area contributed by atoms with E-state index in [1.54, 1.807) is 11.8 Å². The summed E-state index contributed by atoms with van der Waals surface area (Å²) in [4.78, 5) is 11.8. The van der Waals surface area contributed by atoms with Gasteiger partial charge in [0, 0.05) is 15.5 Å². The lowest BCUT2D eigenvalue weighted by atomic mass is 10.2. The third-order valence-corrected chi connectivity index (χ3v) is 3.87. The first-order chi connectivity index (χ1) is 7.65. The molecule has 0 fully saturated rings. The molecular formula is C11H13Br2NOS. The van der Waals surface area contributed by atoms with Crippen molar-refractivity contribution in [3.05, 3.63) is 32.7 Å². The third-order valence-electron chi connectivity index (χ3n) is 1.98. The molecular weight excluding hydrogens is 354 g/mol. The van der Waals surface area contributed by atoms with Crippen molar-refractivity contribution in [3.63, 3.8) is 0 Å². The molecule has 2 nitrogen and oxygen atoms in total. The fourth-order valence-electron chi connectivity index (χ4n) is 1.19. The van der Waals surface area contributed by atoms with Gasteiger partial charge in [0.25, 0.3) is 5.91 Å². The summed E-state index contributed by atoms with van der Waals surface area (Å²) in [5.74, 6) is 1.04. The molecule has 0 aliphatic heterocycles. The van der Waals surface area contributed by atoms with E-state index in [4.69, 9.17) is 0 Å². The third kappa shape index (κ3) is 4.47. The van der Waals surface area contributed by atoms with Crippen LogP contribution >= 0.6 is 43.6 Å². The Morgan fingerprint density at radius 1 is 1.44 bits per heavy atom. The molecule has 0 atom stereocenters. The average molecular weight is 367 g/mol. The Morgan fingerprint density at radius 2 is 2.19 bits per heavy atom. The van der Waals surface area contributed by atoms with E-state index in [0.29, 0.717) is 5.56 Å². The standard InChI is InChI=1S/C11H13Br2NOS/c1-16-6-2-5-14-11(15)9-7-8(12)3-4-10(9)13/h3-4,7H,2,5-6H2,1H3,(H,14,15). The number of amides is 1. The van der Waals surface area contributed by atoms with Gasteiger partial charge in [-0.15, -0.1) is 0 Å². The van der Waals surface area contributed by atoms with Crippen LogP contribution in [-0.2, 0) is 0 Å². The van der Waals surface area contributed by atoms with Crippen molar-refractivity contribution in [3.8, 4) is 0 Å². The van der Waals surface area contributed by atoms with Gasteiger partial charge in [-0.05, 0) is 52.6 Å². The minimum atomic E-state index is -0.0331. The maximum Gasteiger partial charge on any atom is 0.252 e. The Hall–Kier alpha value is -0.000000000000000111. The van der Waals surface area contributed by atoms with Gasteiger partial charge in [0.2, 0.25) is 0 Å². The lowest BCUT2D eigenvalue weighted by molar-refractivity contribution is 0.0953. The number of carbonyl (C=O) groups excluding carboxylic acids is 1. The Kier molecular flexibility index (Phi) is 6.46. The molecule has 88 valence electrons. The van der Waals surface area contributed by atoms with Crippen molar-refractivity contribution >= 4 is 49.5 Å². The lowest BCUT2D eigenvalue weighted by Gasteiger charge is -2.06. The minimum Gasteiger partial charge on any atom is -0.352 e. The number of benzene rings is 1. The van der Waals surface area contributed by atoms with Gasteiger partial charge in [-0.2, -0.15) is 11.8 Å². The monoisotopic (exact) mass is 365 g/mol. The molecule has 0 aliphatic rings. The summed E-state index contributed by atoms with van der Waals surface area (Å²) in [7, 11) is 0. The Balaban J connectivity index is 2.55. The van der Waals surface area contributed by atoms with E-state index >= 15 is 0 Å². The maximum absolute atomic E-state index is 11.8. The molecule has 1 aromatic carbocycles. The number of carbonyl (C=O) groups is 1.